The summed E-state index contributed by atoms with van der Waals surface area (Å²) in [6.07, 6.45) is 1.25. The summed E-state index contributed by atoms with van der Waals surface area (Å²) < 4.78 is 15.4. The van der Waals surface area contributed by atoms with E-state index in [0.717, 1.165) is 6.42 Å². The maximum absolute atomic E-state index is 15.4. The molecule has 0 unspecified atom stereocenters. The fraction of sp³-hybridized carbons (Fsp3) is 0.136. The smallest absolute Gasteiger partial charge is 0.249 e. The molecule has 3 N–H and O–H groups in total. The van der Waals surface area contributed by atoms with Crippen molar-refractivity contribution in [1.82, 2.24) is 0 Å². The number of phenolic OH excluding ortho intramolecular Hbond substituents is 1. The van der Waals surface area contributed by atoms with Crippen LogP contribution in [0.15, 0.2) is 60.7 Å². The topological polar surface area (TPSA) is 63.3 Å². The lowest BCUT2D eigenvalue weighted by atomic mass is 9.87. The Bertz CT molecular complexity index is 935. The summed E-state index contributed by atoms with van der Waals surface area (Å²) in [5, 5.41) is 9.57. The minimum absolute atomic E-state index is 0.0928. The van der Waals surface area contributed by atoms with Crippen molar-refractivity contribution in [2.45, 2.75) is 19.8 Å². The van der Waals surface area contributed by atoms with Crippen LogP contribution in [0.1, 0.15) is 29.3 Å². The van der Waals surface area contributed by atoms with Crippen LogP contribution >= 0.6 is 0 Å². The van der Waals surface area contributed by atoms with Crippen molar-refractivity contribution in [3.8, 4) is 28.0 Å². The van der Waals surface area contributed by atoms with Gasteiger partial charge in [0.1, 0.15) is 11.6 Å². The molecule has 0 bridgehead atoms. The zero-order chi connectivity index (χ0) is 18.7. The number of benzene rings is 3. The lowest BCUT2D eigenvalue weighted by Gasteiger charge is -2.18. The van der Waals surface area contributed by atoms with Gasteiger partial charge in [-0.25, -0.2) is 4.39 Å². The van der Waals surface area contributed by atoms with Crippen LogP contribution in [0.5, 0.6) is 5.75 Å². The number of phenols is 1. The summed E-state index contributed by atoms with van der Waals surface area (Å²) in [7, 11) is 0. The molecule has 0 saturated heterocycles. The van der Waals surface area contributed by atoms with Gasteiger partial charge in [-0.3, -0.25) is 4.79 Å². The van der Waals surface area contributed by atoms with E-state index in [1.54, 1.807) is 18.2 Å². The molecule has 3 aromatic rings. The highest BCUT2D eigenvalue weighted by molar-refractivity contribution is 6.04. The normalized spacial score (nSPS) is 10.7. The Morgan fingerprint density at radius 2 is 1.62 bits per heavy atom. The Hall–Kier alpha value is -3.14. The highest BCUT2D eigenvalue weighted by Crippen LogP contribution is 2.39. The summed E-state index contributed by atoms with van der Waals surface area (Å²) in [4.78, 5) is 12.2. The van der Waals surface area contributed by atoms with Crippen LogP contribution in [-0.4, -0.2) is 11.0 Å². The largest absolute Gasteiger partial charge is 0.508 e. The van der Waals surface area contributed by atoms with Crippen LogP contribution in [0.2, 0.25) is 0 Å². The first kappa shape index (κ1) is 17.7. The number of rotatable bonds is 5. The van der Waals surface area contributed by atoms with E-state index in [9.17, 15) is 9.90 Å². The molecule has 0 spiro atoms. The minimum atomic E-state index is -0.596. The highest BCUT2D eigenvalue weighted by atomic mass is 19.1. The molecule has 0 aliphatic heterocycles. The quantitative estimate of drug-likeness (QED) is 0.687. The number of carbonyl (C=O) groups excluding carboxylic acids is 1. The van der Waals surface area contributed by atoms with Crippen LogP contribution in [0, 0.1) is 5.82 Å². The number of primary amides is 1. The first-order chi connectivity index (χ1) is 12.5. The average molecular weight is 349 g/mol. The van der Waals surface area contributed by atoms with Crippen LogP contribution < -0.4 is 5.73 Å². The van der Waals surface area contributed by atoms with E-state index in [4.69, 9.17) is 5.73 Å². The lowest BCUT2D eigenvalue weighted by molar-refractivity contribution is 0.100. The number of carbonyl (C=O) groups is 1. The SMILES string of the molecule is CCCc1cc(C(N)=O)c(-c2ccccc2)c(-c2ccc(O)cc2)c1F. The standard InChI is InChI=1S/C22H20FNO2/c1-2-6-16-13-18(22(24)26)19(14-7-4-3-5-8-14)20(21(16)23)15-9-11-17(25)12-10-15/h3-5,7-13,25H,2,6H2,1H3,(H2,24,26). The van der Waals surface area contributed by atoms with Gasteiger partial charge in [-0.1, -0.05) is 55.8 Å². The third-order valence-electron chi connectivity index (χ3n) is 4.34. The molecule has 0 radical (unpaired) electrons. The predicted octanol–water partition coefficient (Wildman–Crippen LogP) is 4.92. The number of halogens is 1. The van der Waals surface area contributed by atoms with E-state index in [-0.39, 0.29) is 11.6 Å². The summed E-state index contributed by atoms with van der Waals surface area (Å²) in [6, 6.07) is 17.0. The van der Waals surface area contributed by atoms with Crippen LogP contribution in [0.25, 0.3) is 22.3 Å². The second kappa shape index (κ2) is 7.40. The zero-order valence-electron chi connectivity index (χ0n) is 14.5. The number of hydrogen-bond donors (Lipinski definition) is 2. The van der Waals surface area contributed by atoms with E-state index in [1.165, 1.54) is 12.1 Å². The van der Waals surface area contributed by atoms with Crippen molar-refractivity contribution in [3.05, 3.63) is 77.6 Å². The maximum Gasteiger partial charge on any atom is 0.249 e. The molecule has 0 heterocycles. The van der Waals surface area contributed by atoms with Gasteiger partial charge in [-0.05, 0) is 41.3 Å². The third kappa shape index (κ3) is 3.31. The lowest BCUT2D eigenvalue weighted by Crippen LogP contribution is -2.15. The molecule has 4 heteroatoms. The van der Waals surface area contributed by atoms with Crippen LogP contribution in [0.4, 0.5) is 4.39 Å². The van der Waals surface area contributed by atoms with Gasteiger partial charge in [0.25, 0.3) is 0 Å². The van der Waals surface area contributed by atoms with Gasteiger partial charge in [0.15, 0.2) is 0 Å². The van der Waals surface area contributed by atoms with Gasteiger partial charge in [-0.2, -0.15) is 0 Å². The van der Waals surface area contributed by atoms with Crippen LogP contribution in [-0.2, 0) is 6.42 Å². The molecule has 0 aliphatic carbocycles. The molecular weight excluding hydrogens is 329 g/mol. The molecule has 0 aromatic heterocycles. The van der Waals surface area contributed by atoms with Crippen molar-refractivity contribution in [2.24, 2.45) is 5.73 Å². The molecule has 3 nitrogen and oxygen atoms in total. The van der Waals surface area contributed by atoms with E-state index in [0.29, 0.717) is 39.8 Å². The Labute approximate surface area is 151 Å². The highest BCUT2D eigenvalue weighted by Gasteiger charge is 2.23. The molecule has 26 heavy (non-hydrogen) atoms. The van der Waals surface area contributed by atoms with E-state index < -0.39 is 5.91 Å². The number of hydrogen-bond acceptors (Lipinski definition) is 2. The molecule has 1 amide bonds. The Morgan fingerprint density at radius 1 is 1.00 bits per heavy atom. The van der Waals surface area contributed by atoms with Crippen molar-refractivity contribution in [1.29, 1.82) is 0 Å². The fourth-order valence-corrected chi connectivity index (χ4v) is 3.16. The van der Waals surface area contributed by atoms with E-state index in [1.807, 2.05) is 37.3 Å². The summed E-state index contributed by atoms with van der Waals surface area (Å²) in [6.45, 7) is 1.95. The monoisotopic (exact) mass is 349 g/mol. The first-order valence-corrected chi connectivity index (χ1v) is 8.53. The second-order valence-corrected chi connectivity index (χ2v) is 6.17. The maximum atomic E-state index is 15.4. The van der Waals surface area contributed by atoms with Crippen molar-refractivity contribution >= 4 is 5.91 Å². The molecule has 0 atom stereocenters. The van der Waals surface area contributed by atoms with Gasteiger partial charge in [0.05, 0.1) is 0 Å². The summed E-state index contributed by atoms with van der Waals surface area (Å²) >= 11 is 0. The molecule has 0 saturated carbocycles. The van der Waals surface area contributed by atoms with E-state index in [2.05, 4.69) is 0 Å². The molecule has 3 rings (SSSR count). The van der Waals surface area contributed by atoms with Gasteiger partial charge in [-0.15, -0.1) is 0 Å². The molecular formula is C22H20FNO2. The molecule has 132 valence electrons. The van der Waals surface area contributed by atoms with Gasteiger partial charge >= 0.3 is 0 Å². The molecule has 0 fully saturated rings. The van der Waals surface area contributed by atoms with Gasteiger partial charge < -0.3 is 10.8 Å². The summed E-state index contributed by atoms with van der Waals surface area (Å²) in [5.74, 6) is -0.863. The summed E-state index contributed by atoms with van der Waals surface area (Å²) in [5.41, 5.74) is 8.49. The van der Waals surface area contributed by atoms with Crippen molar-refractivity contribution < 1.29 is 14.3 Å². The minimum Gasteiger partial charge on any atom is -0.508 e. The van der Waals surface area contributed by atoms with Gasteiger partial charge in [0.2, 0.25) is 5.91 Å². The molecule has 0 aliphatic rings. The zero-order valence-corrected chi connectivity index (χ0v) is 14.5. The third-order valence-corrected chi connectivity index (χ3v) is 4.34. The molecule has 3 aromatic carbocycles. The van der Waals surface area contributed by atoms with Gasteiger partial charge in [0, 0.05) is 16.7 Å². The first-order valence-electron chi connectivity index (χ1n) is 8.53. The predicted molar refractivity (Wildman–Crippen MR) is 101 cm³/mol. The fourth-order valence-electron chi connectivity index (χ4n) is 3.16. The van der Waals surface area contributed by atoms with Crippen molar-refractivity contribution in [2.75, 3.05) is 0 Å². The van der Waals surface area contributed by atoms with Crippen LogP contribution in [0.3, 0.4) is 0 Å². The number of aryl methyl sites for hydroxylation is 1. The average Bonchev–Trinajstić information content (AvgIpc) is 2.64. The Balaban J connectivity index is 2.41. The number of nitrogens with two attached hydrogens (primary N) is 1. The number of amides is 1. The number of aromatic hydroxyl groups is 1. The Morgan fingerprint density at radius 3 is 2.19 bits per heavy atom. The second-order valence-electron chi connectivity index (χ2n) is 6.17. The Kier molecular flexibility index (Phi) is 5.03. The van der Waals surface area contributed by atoms with Crippen molar-refractivity contribution in [3.63, 3.8) is 0 Å². The van der Waals surface area contributed by atoms with E-state index >= 15 is 4.39 Å².